The summed E-state index contributed by atoms with van der Waals surface area (Å²) in [6, 6.07) is 4.74. The molecule has 0 aromatic heterocycles. The number of ether oxygens (including phenoxy) is 1. The first-order chi connectivity index (χ1) is 9.18. The Hall–Kier alpha value is -1.98. The summed E-state index contributed by atoms with van der Waals surface area (Å²) in [6.07, 6.45) is -3.45. The lowest BCUT2D eigenvalue weighted by Gasteiger charge is -2.11. The maximum absolute atomic E-state index is 12.5. The fourth-order valence-electron chi connectivity index (χ4n) is 1.48. The van der Waals surface area contributed by atoms with Gasteiger partial charge in [-0.15, -0.1) is 0 Å². The van der Waals surface area contributed by atoms with Gasteiger partial charge in [0, 0.05) is 17.5 Å². The fraction of sp³-hybridized carbons (Fsp3) is 0.357. The summed E-state index contributed by atoms with van der Waals surface area (Å²) in [4.78, 5) is 11.4. The van der Waals surface area contributed by atoms with E-state index in [2.05, 4.69) is 5.32 Å². The van der Waals surface area contributed by atoms with Crippen molar-refractivity contribution in [2.75, 3.05) is 5.32 Å². The van der Waals surface area contributed by atoms with Gasteiger partial charge in [0.1, 0.15) is 0 Å². The lowest BCUT2D eigenvalue weighted by molar-refractivity contribution is -0.141. The Labute approximate surface area is 115 Å². The van der Waals surface area contributed by atoms with E-state index in [0.29, 0.717) is 5.70 Å². The van der Waals surface area contributed by atoms with Crippen molar-refractivity contribution in [1.29, 1.82) is 0 Å². The zero-order valence-corrected chi connectivity index (χ0v) is 11.4. The van der Waals surface area contributed by atoms with Crippen molar-refractivity contribution < 1.29 is 22.7 Å². The average Bonchev–Trinajstić information content (AvgIpc) is 2.26. The maximum Gasteiger partial charge on any atom is 0.416 e. The highest BCUT2D eigenvalue weighted by molar-refractivity contribution is 5.83. The Balaban J connectivity index is 2.78. The van der Waals surface area contributed by atoms with Crippen LogP contribution in [0.4, 0.5) is 18.9 Å². The summed E-state index contributed by atoms with van der Waals surface area (Å²) in [6.45, 7) is 4.99. The number of anilines is 1. The van der Waals surface area contributed by atoms with Crippen molar-refractivity contribution in [3.8, 4) is 0 Å². The van der Waals surface area contributed by atoms with Gasteiger partial charge in [-0.2, -0.15) is 13.2 Å². The van der Waals surface area contributed by atoms with Crippen molar-refractivity contribution in [3.05, 3.63) is 41.6 Å². The molecule has 0 fully saturated rings. The molecule has 20 heavy (non-hydrogen) atoms. The second-order valence-electron chi connectivity index (χ2n) is 4.52. The van der Waals surface area contributed by atoms with Crippen LogP contribution in [0.25, 0.3) is 0 Å². The largest absolute Gasteiger partial charge is 0.460 e. The molecule has 0 heterocycles. The number of allylic oxidation sites excluding steroid dienone is 1. The van der Waals surface area contributed by atoms with Crippen LogP contribution in [0, 0.1) is 0 Å². The lowest BCUT2D eigenvalue weighted by Crippen LogP contribution is -2.10. The minimum atomic E-state index is -4.40. The van der Waals surface area contributed by atoms with Gasteiger partial charge in [0.05, 0.1) is 11.7 Å². The van der Waals surface area contributed by atoms with Crippen LogP contribution in [0.15, 0.2) is 36.0 Å². The van der Waals surface area contributed by atoms with E-state index in [4.69, 9.17) is 4.74 Å². The van der Waals surface area contributed by atoms with Crippen molar-refractivity contribution in [3.63, 3.8) is 0 Å². The second kappa shape index (κ2) is 6.45. The molecule has 110 valence electrons. The molecule has 0 saturated carbocycles. The molecule has 1 N–H and O–H groups in total. The third-order valence-corrected chi connectivity index (χ3v) is 2.22. The molecule has 1 aromatic carbocycles. The lowest BCUT2D eigenvalue weighted by atomic mass is 10.2. The smallest absolute Gasteiger partial charge is 0.416 e. The second-order valence-corrected chi connectivity index (χ2v) is 4.52. The van der Waals surface area contributed by atoms with Crippen LogP contribution in [-0.4, -0.2) is 12.1 Å². The first kappa shape index (κ1) is 16.1. The molecular weight excluding hydrogens is 271 g/mol. The number of alkyl halides is 3. The molecule has 0 radical (unpaired) electrons. The van der Waals surface area contributed by atoms with E-state index in [-0.39, 0.29) is 11.8 Å². The number of hydrogen-bond acceptors (Lipinski definition) is 3. The molecule has 0 spiro atoms. The van der Waals surface area contributed by atoms with Gasteiger partial charge in [0.2, 0.25) is 0 Å². The van der Waals surface area contributed by atoms with Crippen LogP contribution in [-0.2, 0) is 15.7 Å². The summed E-state index contributed by atoms with van der Waals surface area (Å²) in [5.41, 5.74) is -0.0963. The molecule has 1 rings (SSSR count). The summed E-state index contributed by atoms with van der Waals surface area (Å²) in [7, 11) is 0. The highest BCUT2D eigenvalue weighted by atomic mass is 19.4. The Morgan fingerprint density at radius 2 is 2.00 bits per heavy atom. The van der Waals surface area contributed by atoms with Crippen LogP contribution < -0.4 is 5.32 Å². The zero-order chi connectivity index (χ0) is 15.3. The molecule has 0 aliphatic carbocycles. The van der Waals surface area contributed by atoms with Crippen LogP contribution in [0.5, 0.6) is 0 Å². The van der Waals surface area contributed by atoms with Gasteiger partial charge in [-0.3, -0.25) is 0 Å². The van der Waals surface area contributed by atoms with Crippen molar-refractivity contribution >= 4 is 11.7 Å². The SMILES string of the molecule is C/C(=C/C(=O)OC(C)C)Nc1cccc(C(F)(F)F)c1. The summed E-state index contributed by atoms with van der Waals surface area (Å²) in [5.74, 6) is -0.544. The number of halogens is 3. The Kier molecular flexibility index (Phi) is 5.19. The van der Waals surface area contributed by atoms with Crippen LogP contribution >= 0.6 is 0 Å². The number of rotatable bonds is 4. The summed E-state index contributed by atoms with van der Waals surface area (Å²) in [5, 5.41) is 2.72. The molecule has 6 heteroatoms. The number of carbonyl (C=O) groups excluding carboxylic acids is 1. The normalized spacial score (nSPS) is 12.4. The van der Waals surface area contributed by atoms with E-state index >= 15 is 0 Å². The van der Waals surface area contributed by atoms with Crippen LogP contribution in [0.1, 0.15) is 26.3 Å². The number of nitrogens with one attached hydrogen (secondary N) is 1. The van der Waals surface area contributed by atoms with Crippen LogP contribution in [0.3, 0.4) is 0 Å². The van der Waals surface area contributed by atoms with Crippen molar-refractivity contribution in [2.24, 2.45) is 0 Å². The van der Waals surface area contributed by atoms with Gasteiger partial charge in [-0.25, -0.2) is 4.79 Å². The third-order valence-electron chi connectivity index (χ3n) is 2.22. The van der Waals surface area contributed by atoms with E-state index in [1.807, 2.05) is 0 Å². The number of benzene rings is 1. The van der Waals surface area contributed by atoms with Gasteiger partial charge in [0.25, 0.3) is 0 Å². The van der Waals surface area contributed by atoms with Gasteiger partial charge in [-0.05, 0) is 39.0 Å². The Morgan fingerprint density at radius 1 is 1.35 bits per heavy atom. The highest BCUT2D eigenvalue weighted by Gasteiger charge is 2.30. The summed E-state index contributed by atoms with van der Waals surface area (Å²) < 4.78 is 42.5. The first-order valence-electron chi connectivity index (χ1n) is 6.01. The fourth-order valence-corrected chi connectivity index (χ4v) is 1.48. The number of esters is 1. The molecule has 1 aromatic rings. The molecule has 0 bridgehead atoms. The number of carbonyl (C=O) groups is 1. The number of hydrogen-bond donors (Lipinski definition) is 1. The molecule has 3 nitrogen and oxygen atoms in total. The van der Waals surface area contributed by atoms with E-state index in [1.165, 1.54) is 18.2 Å². The minimum Gasteiger partial charge on any atom is -0.460 e. The molecular formula is C14H16F3NO2. The molecule has 0 aliphatic rings. The quantitative estimate of drug-likeness (QED) is 0.672. The summed E-state index contributed by atoms with van der Waals surface area (Å²) >= 11 is 0. The Morgan fingerprint density at radius 3 is 2.55 bits per heavy atom. The van der Waals surface area contributed by atoms with Gasteiger partial charge in [0.15, 0.2) is 0 Å². The van der Waals surface area contributed by atoms with Crippen molar-refractivity contribution in [2.45, 2.75) is 33.1 Å². The molecule has 0 unspecified atom stereocenters. The Bertz CT molecular complexity index is 507. The monoisotopic (exact) mass is 287 g/mol. The van der Waals surface area contributed by atoms with E-state index in [1.54, 1.807) is 20.8 Å². The first-order valence-corrected chi connectivity index (χ1v) is 6.01. The topological polar surface area (TPSA) is 38.3 Å². The molecule has 0 saturated heterocycles. The molecule has 0 aliphatic heterocycles. The van der Waals surface area contributed by atoms with E-state index < -0.39 is 17.7 Å². The van der Waals surface area contributed by atoms with Crippen LogP contribution in [0.2, 0.25) is 0 Å². The third kappa shape index (κ3) is 5.34. The van der Waals surface area contributed by atoms with Gasteiger partial charge < -0.3 is 10.1 Å². The predicted octanol–water partition coefficient (Wildman–Crippen LogP) is 3.97. The van der Waals surface area contributed by atoms with Crippen molar-refractivity contribution in [1.82, 2.24) is 0 Å². The van der Waals surface area contributed by atoms with Gasteiger partial charge in [-0.1, -0.05) is 6.07 Å². The van der Waals surface area contributed by atoms with E-state index in [9.17, 15) is 18.0 Å². The molecule has 0 amide bonds. The standard InChI is InChI=1S/C14H16F3NO2/c1-9(2)20-13(19)7-10(3)18-12-6-4-5-11(8-12)14(15,16)17/h4-9,18H,1-3H3/b10-7-. The highest BCUT2D eigenvalue weighted by Crippen LogP contribution is 2.30. The van der Waals surface area contributed by atoms with Gasteiger partial charge >= 0.3 is 12.1 Å². The zero-order valence-electron chi connectivity index (χ0n) is 11.4. The maximum atomic E-state index is 12.5. The predicted molar refractivity (Wildman–Crippen MR) is 70.1 cm³/mol. The molecule has 0 atom stereocenters. The minimum absolute atomic E-state index is 0.250. The van der Waals surface area contributed by atoms with E-state index in [0.717, 1.165) is 12.1 Å². The average molecular weight is 287 g/mol.